The Hall–Kier alpha value is -2.60. The van der Waals surface area contributed by atoms with Crippen LogP contribution in [0.3, 0.4) is 0 Å². The molecule has 2 heterocycles. The summed E-state index contributed by atoms with van der Waals surface area (Å²) in [7, 11) is 0. The van der Waals surface area contributed by atoms with E-state index in [4.69, 9.17) is 9.26 Å². The van der Waals surface area contributed by atoms with Crippen LogP contribution in [0.15, 0.2) is 57.7 Å². The van der Waals surface area contributed by atoms with Gasteiger partial charge in [0.1, 0.15) is 5.75 Å². The Labute approximate surface area is 153 Å². The lowest BCUT2D eigenvalue weighted by atomic mass is 10.1. The lowest BCUT2D eigenvalue weighted by Gasteiger charge is -2.07. The molecule has 5 nitrogen and oxygen atoms in total. The number of ether oxygens (including phenoxy) is 1. The Kier molecular flexibility index (Phi) is 4.28. The zero-order chi connectivity index (χ0) is 17.2. The molecule has 126 valence electrons. The number of nitrogens with zero attached hydrogens (tertiary/aromatic N) is 2. The summed E-state index contributed by atoms with van der Waals surface area (Å²) in [5.74, 6) is 1.86. The summed E-state index contributed by atoms with van der Waals surface area (Å²) in [6, 6.07) is 13.8. The van der Waals surface area contributed by atoms with Crippen molar-refractivity contribution in [1.82, 2.24) is 15.1 Å². The Balaban J connectivity index is 1.63. The van der Waals surface area contributed by atoms with E-state index in [1.165, 1.54) is 0 Å². The molecule has 0 saturated carbocycles. The van der Waals surface area contributed by atoms with Crippen molar-refractivity contribution in [1.29, 1.82) is 0 Å². The summed E-state index contributed by atoms with van der Waals surface area (Å²) >= 11 is 3.53. The minimum absolute atomic E-state index is 0.479. The van der Waals surface area contributed by atoms with E-state index < -0.39 is 0 Å². The molecule has 0 spiro atoms. The van der Waals surface area contributed by atoms with Gasteiger partial charge in [-0.3, -0.25) is 0 Å². The zero-order valence-corrected chi connectivity index (χ0v) is 15.2. The smallest absolute Gasteiger partial charge is 0.258 e. The molecule has 1 N–H and O–H groups in total. The van der Waals surface area contributed by atoms with Crippen molar-refractivity contribution < 1.29 is 9.26 Å². The third kappa shape index (κ3) is 3.17. The molecule has 4 aromatic rings. The lowest BCUT2D eigenvalue weighted by molar-refractivity contribution is 0.315. The van der Waals surface area contributed by atoms with Crippen LogP contribution < -0.4 is 4.74 Å². The van der Waals surface area contributed by atoms with Gasteiger partial charge in [0, 0.05) is 28.2 Å². The molecule has 25 heavy (non-hydrogen) atoms. The summed E-state index contributed by atoms with van der Waals surface area (Å²) in [5.41, 5.74) is 2.85. The second kappa shape index (κ2) is 6.72. The second-order valence-corrected chi connectivity index (χ2v) is 6.55. The first-order valence-corrected chi connectivity index (χ1v) is 8.88. The molecule has 6 heteroatoms. The Morgan fingerprint density at radius 3 is 2.84 bits per heavy atom. The first kappa shape index (κ1) is 15.9. The maximum atomic E-state index is 5.67. The molecule has 2 aromatic heterocycles. The minimum atomic E-state index is 0.479. The molecule has 0 bridgehead atoms. The highest BCUT2D eigenvalue weighted by Gasteiger charge is 2.13. The van der Waals surface area contributed by atoms with Crippen LogP contribution in [0.25, 0.3) is 33.7 Å². The van der Waals surface area contributed by atoms with Crippen molar-refractivity contribution in [3.8, 4) is 28.6 Å². The van der Waals surface area contributed by atoms with Crippen molar-refractivity contribution in [2.45, 2.75) is 13.3 Å². The van der Waals surface area contributed by atoms with Crippen LogP contribution in [0.1, 0.15) is 13.3 Å². The van der Waals surface area contributed by atoms with E-state index in [0.29, 0.717) is 18.3 Å². The van der Waals surface area contributed by atoms with Gasteiger partial charge in [0.15, 0.2) is 0 Å². The van der Waals surface area contributed by atoms with Gasteiger partial charge in [0.25, 0.3) is 5.89 Å². The van der Waals surface area contributed by atoms with Crippen molar-refractivity contribution in [2.75, 3.05) is 6.61 Å². The molecule has 2 aromatic carbocycles. The van der Waals surface area contributed by atoms with Crippen LogP contribution in [0, 0.1) is 0 Å². The number of halogens is 1. The number of rotatable bonds is 5. The number of hydrogen-bond donors (Lipinski definition) is 1. The molecule has 0 amide bonds. The molecule has 0 aliphatic heterocycles. The molecule has 0 atom stereocenters. The fourth-order valence-electron chi connectivity index (χ4n) is 2.61. The van der Waals surface area contributed by atoms with Gasteiger partial charge in [0.05, 0.1) is 11.1 Å². The highest BCUT2D eigenvalue weighted by molar-refractivity contribution is 9.10. The standard InChI is InChI=1S/C19H16BrN3O2/c1-2-9-24-17-6-4-14(11-15(17)20)19-22-18(23-25-19)13-3-5-16-12(10-13)7-8-21-16/h3-8,10-11,21H,2,9H2,1H3. The number of hydrogen-bond acceptors (Lipinski definition) is 4. The first-order chi connectivity index (χ1) is 12.2. The van der Waals surface area contributed by atoms with E-state index in [9.17, 15) is 0 Å². The first-order valence-electron chi connectivity index (χ1n) is 8.08. The molecular weight excluding hydrogens is 382 g/mol. The summed E-state index contributed by atoms with van der Waals surface area (Å²) < 4.78 is 12.0. The van der Waals surface area contributed by atoms with Crippen LogP contribution in [-0.4, -0.2) is 21.7 Å². The van der Waals surface area contributed by atoms with Gasteiger partial charge in [0.2, 0.25) is 5.82 Å². The topological polar surface area (TPSA) is 63.9 Å². The third-order valence-electron chi connectivity index (χ3n) is 3.88. The minimum Gasteiger partial charge on any atom is -0.492 e. The average molecular weight is 398 g/mol. The summed E-state index contributed by atoms with van der Waals surface area (Å²) in [6.45, 7) is 2.76. The number of benzene rings is 2. The van der Waals surface area contributed by atoms with Crippen molar-refractivity contribution in [3.05, 3.63) is 53.1 Å². The fraction of sp³-hybridized carbons (Fsp3) is 0.158. The zero-order valence-electron chi connectivity index (χ0n) is 13.6. The predicted molar refractivity (Wildman–Crippen MR) is 101 cm³/mol. The molecule has 0 aliphatic carbocycles. The highest BCUT2D eigenvalue weighted by atomic mass is 79.9. The van der Waals surface area contributed by atoms with Crippen LogP contribution in [-0.2, 0) is 0 Å². The number of aromatic amines is 1. The largest absolute Gasteiger partial charge is 0.492 e. The fourth-order valence-corrected chi connectivity index (χ4v) is 3.11. The van der Waals surface area contributed by atoms with Gasteiger partial charge < -0.3 is 14.2 Å². The number of aromatic nitrogens is 3. The van der Waals surface area contributed by atoms with Crippen LogP contribution >= 0.6 is 15.9 Å². The van der Waals surface area contributed by atoms with E-state index in [1.807, 2.05) is 48.7 Å². The predicted octanol–water partition coefficient (Wildman–Crippen LogP) is 5.44. The summed E-state index contributed by atoms with van der Waals surface area (Å²) in [4.78, 5) is 7.70. The van der Waals surface area contributed by atoms with Crippen LogP contribution in [0.2, 0.25) is 0 Å². The maximum Gasteiger partial charge on any atom is 0.258 e. The number of fused-ring (bicyclic) bond motifs is 1. The lowest BCUT2D eigenvalue weighted by Crippen LogP contribution is -1.95. The van der Waals surface area contributed by atoms with Gasteiger partial charge in [-0.15, -0.1) is 0 Å². The van der Waals surface area contributed by atoms with Crippen molar-refractivity contribution >= 4 is 26.8 Å². The number of nitrogens with one attached hydrogen (secondary N) is 1. The van der Waals surface area contributed by atoms with E-state index >= 15 is 0 Å². The normalized spacial score (nSPS) is 11.1. The Bertz CT molecular complexity index is 1020. The highest BCUT2D eigenvalue weighted by Crippen LogP contribution is 2.31. The molecule has 0 radical (unpaired) electrons. The summed E-state index contributed by atoms with van der Waals surface area (Å²) in [6.07, 6.45) is 2.88. The SMILES string of the molecule is CCCOc1ccc(-c2nc(-c3ccc4[nH]ccc4c3)no2)cc1Br. The second-order valence-electron chi connectivity index (χ2n) is 5.70. The van der Waals surface area contributed by atoms with Gasteiger partial charge in [-0.25, -0.2) is 0 Å². The molecular formula is C19H16BrN3O2. The van der Waals surface area contributed by atoms with Crippen LogP contribution in [0.4, 0.5) is 0 Å². The van der Waals surface area contributed by atoms with E-state index in [2.05, 4.69) is 38.0 Å². The molecule has 4 rings (SSSR count). The van der Waals surface area contributed by atoms with Crippen molar-refractivity contribution in [3.63, 3.8) is 0 Å². The molecule has 0 saturated heterocycles. The Morgan fingerprint density at radius 2 is 2.00 bits per heavy atom. The van der Waals surface area contributed by atoms with Crippen molar-refractivity contribution in [2.24, 2.45) is 0 Å². The monoisotopic (exact) mass is 397 g/mol. The number of H-pyrrole nitrogens is 1. The molecule has 0 fully saturated rings. The van der Waals surface area contributed by atoms with E-state index in [-0.39, 0.29) is 0 Å². The third-order valence-corrected chi connectivity index (χ3v) is 4.50. The average Bonchev–Trinajstić information content (AvgIpc) is 3.29. The van der Waals surface area contributed by atoms with Crippen LogP contribution in [0.5, 0.6) is 5.75 Å². The maximum absolute atomic E-state index is 5.67. The van der Waals surface area contributed by atoms with Gasteiger partial charge in [-0.2, -0.15) is 4.98 Å². The molecule has 0 aliphatic rings. The van der Waals surface area contributed by atoms with Gasteiger partial charge >= 0.3 is 0 Å². The quantitative estimate of drug-likeness (QED) is 0.487. The van der Waals surface area contributed by atoms with Gasteiger partial charge in [-0.1, -0.05) is 12.1 Å². The summed E-state index contributed by atoms with van der Waals surface area (Å²) in [5, 5.41) is 5.23. The van der Waals surface area contributed by atoms with Gasteiger partial charge in [-0.05, 0) is 64.8 Å². The van der Waals surface area contributed by atoms with E-state index in [0.717, 1.165) is 38.7 Å². The van der Waals surface area contributed by atoms with E-state index in [1.54, 1.807) is 0 Å². The molecule has 0 unspecified atom stereocenters. The Morgan fingerprint density at radius 1 is 1.12 bits per heavy atom.